The molecule has 4 heteroatoms. The first-order valence-electron chi connectivity index (χ1n) is 6.85. The molecule has 1 heterocycles. The summed E-state index contributed by atoms with van der Waals surface area (Å²) in [6.45, 7) is 2.58. The van der Waals surface area contributed by atoms with Crippen molar-refractivity contribution in [3.05, 3.63) is 64.9 Å². The van der Waals surface area contributed by atoms with Crippen molar-refractivity contribution in [1.82, 2.24) is 0 Å². The summed E-state index contributed by atoms with van der Waals surface area (Å²) in [5.74, 6) is 1.49. The van der Waals surface area contributed by atoms with E-state index in [2.05, 4.69) is 0 Å². The van der Waals surface area contributed by atoms with Crippen molar-refractivity contribution >= 4 is 22.6 Å². The van der Waals surface area contributed by atoms with Gasteiger partial charge in [-0.05, 0) is 36.8 Å². The van der Waals surface area contributed by atoms with Gasteiger partial charge in [-0.25, -0.2) is 0 Å². The van der Waals surface area contributed by atoms with Crippen molar-refractivity contribution < 1.29 is 9.15 Å². The van der Waals surface area contributed by atoms with Gasteiger partial charge in [0.05, 0.1) is 17.7 Å². The van der Waals surface area contributed by atoms with Gasteiger partial charge in [0.1, 0.15) is 11.5 Å². The van der Waals surface area contributed by atoms with Gasteiger partial charge < -0.3 is 14.9 Å². The van der Waals surface area contributed by atoms with Gasteiger partial charge in [0.15, 0.2) is 5.58 Å². The van der Waals surface area contributed by atoms with E-state index in [0.29, 0.717) is 23.0 Å². The van der Waals surface area contributed by atoms with Crippen LogP contribution in [0.4, 0.5) is 0 Å². The third-order valence-electron chi connectivity index (χ3n) is 3.35. The minimum atomic E-state index is -0.353. The molecule has 1 unspecified atom stereocenters. The lowest BCUT2D eigenvalue weighted by Crippen LogP contribution is -2.10. The second-order valence-corrected chi connectivity index (χ2v) is 5.20. The number of furan rings is 1. The molecule has 0 radical (unpaired) electrons. The predicted octanol–water partition coefficient (Wildman–Crippen LogP) is 4.53. The van der Waals surface area contributed by atoms with Crippen LogP contribution in [0.5, 0.6) is 5.75 Å². The molecule has 3 aromatic rings. The fourth-order valence-electron chi connectivity index (χ4n) is 2.33. The standard InChI is InChI=1S/C17H16ClNO2/c1-2-20-13-7-3-5-11(9-13)16(19)15-10-12-6-4-8-14(18)17(12)21-15/h3-10,16H,2,19H2,1H3. The van der Waals surface area contributed by atoms with E-state index in [1.807, 2.05) is 49.4 Å². The van der Waals surface area contributed by atoms with Crippen molar-refractivity contribution in [2.75, 3.05) is 6.61 Å². The Morgan fingerprint density at radius 3 is 2.76 bits per heavy atom. The van der Waals surface area contributed by atoms with Gasteiger partial charge in [0.25, 0.3) is 0 Å². The van der Waals surface area contributed by atoms with Crippen LogP contribution in [-0.2, 0) is 0 Å². The van der Waals surface area contributed by atoms with Crippen molar-refractivity contribution in [3.8, 4) is 5.75 Å². The molecule has 0 aliphatic carbocycles. The Bertz CT molecular complexity index is 766. The van der Waals surface area contributed by atoms with E-state index in [1.165, 1.54) is 0 Å². The van der Waals surface area contributed by atoms with Crippen LogP contribution >= 0.6 is 11.6 Å². The molecule has 0 saturated carbocycles. The molecule has 0 bridgehead atoms. The maximum atomic E-state index is 6.30. The second kappa shape index (κ2) is 5.80. The second-order valence-electron chi connectivity index (χ2n) is 4.79. The summed E-state index contributed by atoms with van der Waals surface area (Å²) in [5, 5.41) is 1.54. The lowest BCUT2D eigenvalue weighted by Gasteiger charge is -2.11. The minimum Gasteiger partial charge on any atom is -0.494 e. The summed E-state index contributed by atoms with van der Waals surface area (Å²) in [4.78, 5) is 0. The van der Waals surface area contributed by atoms with Crippen LogP contribution in [0.25, 0.3) is 11.0 Å². The van der Waals surface area contributed by atoms with Crippen LogP contribution in [-0.4, -0.2) is 6.61 Å². The Balaban J connectivity index is 1.98. The van der Waals surface area contributed by atoms with Crippen LogP contribution in [0.3, 0.4) is 0 Å². The SMILES string of the molecule is CCOc1cccc(C(N)c2cc3cccc(Cl)c3o2)c1. The highest BCUT2D eigenvalue weighted by Crippen LogP contribution is 2.31. The van der Waals surface area contributed by atoms with E-state index in [4.69, 9.17) is 26.5 Å². The first-order valence-corrected chi connectivity index (χ1v) is 7.23. The quantitative estimate of drug-likeness (QED) is 0.770. The summed E-state index contributed by atoms with van der Waals surface area (Å²) < 4.78 is 11.3. The average Bonchev–Trinajstić information content (AvgIpc) is 2.93. The highest BCUT2D eigenvalue weighted by molar-refractivity contribution is 6.34. The summed E-state index contributed by atoms with van der Waals surface area (Å²) >= 11 is 6.13. The Morgan fingerprint density at radius 2 is 2.00 bits per heavy atom. The fraction of sp³-hybridized carbons (Fsp3) is 0.176. The summed E-state index contributed by atoms with van der Waals surface area (Å²) in [6, 6.07) is 15.0. The number of hydrogen-bond acceptors (Lipinski definition) is 3. The van der Waals surface area contributed by atoms with E-state index in [0.717, 1.165) is 16.7 Å². The van der Waals surface area contributed by atoms with E-state index in [9.17, 15) is 0 Å². The number of benzene rings is 2. The Kier molecular flexibility index (Phi) is 3.86. The smallest absolute Gasteiger partial charge is 0.152 e. The Morgan fingerprint density at radius 1 is 1.19 bits per heavy atom. The molecule has 2 aromatic carbocycles. The van der Waals surface area contributed by atoms with Gasteiger partial charge in [-0.15, -0.1) is 0 Å². The molecular formula is C17H16ClNO2. The molecule has 1 aromatic heterocycles. The molecule has 2 N–H and O–H groups in total. The molecule has 0 spiro atoms. The number of fused-ring (bicyclic) bond motifs is 1. The largest absolute Gasteiger partial charge is 0.494 e. The van der Waals surface area contributed by atoms with E-state index < -0.39 is 0 Å². The zero-order valence-electron chi connectivity index (χ0n) is 11.7. The van der Waals surface area contributed by atoms with Crippen molar-refractivity contribution in [2.24, 2.45) is 5.73 Å². The first kappa shape index (κ1) is 14.0. The molecule has 0 amide bonds. The number of rotatable bonds is 4. The highest BCUT2D eigenvalue weighted by Gasteiger charge is 2.16. The first-order chi connectivity index (χ1) is 10.2. The highest BCUT2D eigenvalue weighted by atomic mass is 35.5. The molecular weight excluding hydrogens is 286 g/mol. The monoisotopic (exact) mass is 301 g/mol. The van der Waals surface area contributed by atoms with Gasteiger partial charge in [-0.2, -0.15) is 0 Å². The van der Waals surface area contributed by atoms with Gasteiger partial charge in [-0.3, -0.25) is 0 Å². The van der Waals surface area contributed by atoms with Crippen molar-refractivity contribution in [3.63, 3.8) is 0 Å². The van der Waals surface area contributed by atoms with Crippen LogP contribution in [0.1, 0.15) is 24.3 Å². The Hall–Kier alpha value is -1.97. The molecule has 0 aliphatic heterocycles. The fourth-order valence-corrected chi connectivity index (χ4v) is 2.55. The number of nitrogens with two attached hydrogens (primary N) is 1. The third-order valence-corrected chi connectivity index (χ3v) is 3.65. The van der Waals surface area contributed by atoms with Crippen LogP contribution in [0.15, 0.2) is 52.9 Å². The van der Waals surface area contributed by atoms with Crippen LogP contribution < -0.4 is 10.5 Å². The van der Waals surface area contributed by atoms with E-state index >= 15 is 0 Å². The van der Waals surface area contributed by atoms with Crippen molar-refractivity contribution in [1.29, 1.82) is 0 Å². The van der Waals surface area contributed by atoms with Gasteiger partial charge >= 0.3 is 0 Å². The Labute approximate surface area is 128 Å². The van der Waals surface area contributed by atoms with Gasteiger partial charge in [0, 0.05) is 5.39 Å². The third kappa shape index (κ3) is 2.75. The molecule has 3 rings (SSSR count). The minimum absolute atomic E-state index is 0.353. The molecule has 3 nitrogen and oxygen atoms in total. The van der Waals surface area contributed by atoms with Crippen LogP contribution in [0.2, 0.25) is 5.02 Å². The molecule has 21 heavy (non-hydrogen) atoms. The molecule has 108 valence electrons. The predicted molar refractivity (Wildman–Crippen MR) is 84.9 cm³/mol. The molecule has 0 saturated heterocycles. The maximum Gasteiger partial charge on any atom is 0.152 e. The van der Waals surface area contributed by atoms with Gasteiger partial charge in [0.2, 0.25) is 0 Å². The summed E-state index contributed by atoms with van der Waals surface area (Å²) in [5.41, 5.74) is 7.92. The lowest BCUT2D eigenvalue weighted by atomic mass is 10.0. The van der Waals surface area contributed by atoms with E-state index in [1.54, 1.807) is 6.07 Å². The number of halogens is 1. The zero-order valence-corrected chi connectivity index (χ0v) is 12.4. The summed E-state index contributed by atoms with van der Waals surface area (Å²) in [7, 11) is 0. The zero-order chi connectivity index (χ0) is 14.8. The lowest BCUT2D eigenvalue weighted by molar-refractivity contribution is 0.339. The van der Waals surface area contributed by atoms with Gasteiger partial charge in [-0.1, -0.05) is 35.9 Å². The maximum absolute atomic E-state index is 6.30. The van der Waals surface area contributed by atoms with Crippen molar-refractivity contribution in [2.45, 2.75) is 13.0 Å². The van der Waals surface area contributed by atoms with E-state index in [-0.39, 0.29) is 6.04 Å². The molecule has 1 atom stereocenters. The molecule has 0 aliphatic rings. The number of hydrogen-bond donors (Lipinski definition) is 1. The number of para-hydroxylation sites is 1. The molecule has 0 fully saturated rings. The van der Waals surface area contributed by atoms with Crippen LogP contribution in [0, 0.1) is 0 Å². The summed E-state index contributed by atoms with van der Waals surface area (Å²) in [6.07, 6.45) is 0. The normalized spacial score (nSPS) is 12.5. The average molecular weight is 302 g/mol. The topological polar surface area (TPSA) is 48.4 Å². The number of ether oxygens (including phenoxy) is 1.